The van der Waals surface area contributed by atoms with Gasteiger partial charge < -0.3 is 5.73 Å². The first kappa shape index (κ1) is 7.57. The average molecular weight is 173 g/mol. The van der Waals surface area contributed by atoms with Gasteiger partial charge in [-0.15, -0.1) is 0 Å². The zero-order valence-electron chi connectivity index (χ0n) is 7.79. The van der Waals surface area contributed by atoms with Gasteiger partial charge in [-0.2, -0.15) is 0 Å². The van der Waals surface area contributed by atoms with E-state index in [9.17, 15) is 0 Å². The fourth-order valence-electron chi connectivity index (χ4n) is 2.92. The van der Waals surface area contributed by atoms with Crippen LogP contribution in [0, 0.1) is 11.3 Å². The Kier molecular flexibility index (Phi) is 1.37. The smallest absolute Gasteiger partial charge is 0.00431 e. The van der Waals surface area contributed by atoms with E-state index in [4.69, 9.17) is 5.73 Å². The number of nitrogens with two attached hydrogens (primary N) is 1. The van der Waals surface area contributed by atoms with E-state index >= 15 is 0 Å². The highest BCUT2D eigenvalue weighted by Gasteiger charge is 2.55. The molecule has 0 amide bonds. The third kappa shape index (κ3) is 0.969. The molecule has 0 aliphatic heterocycles. The molecule has 1 spiro atoms. The van der Waals surface area contributed by atoms with Crippen LogP contribution in [0.15, 0.2) is 24.3 Å². The Bertz CT molecular complexity index is 318. The van der Waals surface area contributed by atoms with Crippen LogP contribution in [0.3, 0.4) is 0 Å². The van der Waals surface area contributed by atoms with Gasteiger partial charge in [0.2, 0.25) is 0 Å². The Labute approximate surface area is 78.9 Å². The quantitative estimate of drug-likeness (QED) is 0.688. The Morgan fingerprint density at radius 1 is 1.23 bits per heavy atom. The lowest BCUT2D eigenvalue weighted by Crippen LogP contribution is -2.11. The maximum atomic E-state index is 5.72. The molecule has 2 N–H and O–H groups in total. The molecule has 2 aliphatic carbocycles. The Morgan fingerprint density at radius 2 is 1.85 bits per heavy atom. The summed E-state index contributed by atoms with van der Waals surface area (Å²) in [4.78, 5) is 0. The van der Waals surface area contributed by atoms with Crippen LogP contribution in [-0.4, -0.2) is 6.54 Å². The van der Waals surface area contributed by atoms with Crippen molar-refractivity contribution in [3.8, 4) is 0 Å². The minimum absolute atomic E-state index is 0.596. The second kappa shape index (κ2) is 2.36. The molecule has 1 aromatic carbocycles. The van der Waals surface area contributed by atoms with Gasteiger partial charge in [0.05, 0.1) is 0 Å². The summed E-state index contributed by atoms with van der Waals surface area (Å²) in [5.41, 5.74) is 9.45. The topological polar surface area (TPSA) is 26.0 Å². The third-order valence-electron chi connectivity index (χ3n) is 3.85. The van der Waals surface area contributed by atoms with Gasteiger partial charge in [0.25, 0.3) is 0 Å². The van der Waals surface area contributed by atoms with E-state index in [1.165, 1.54) is 19.3 Å². The molecule has 0 unspecified atom stereocenters. The Hall–Kier alpha value is -0.820. The minimum atomic E-state index is 0.596. The number of benzene rings is 1. The van der Waals surface area contributed by atoms with Crippen LogP contribution in [0.5, 0.6) is 0 Å². The van der Waals surface area contributed by atoms with E-state index in [0.717, 1.165) is 12.5 Å². The number of fused-ring (bicyclic) bond motifs is 1. The highest BCUT2D eigenvalue weighted by atomic mass is 14.7. The van der Waals surface area contributed by atoms with Crippen molar-refractivity contribution in [2.75, 3.05) is 6.54 Å². The van der Waals surface area contributed by atoms with E-state index in [1.807, 2.05) is 0 Å². The van der Waals surface area contributed by atoms with Crippen molar-refractivity contribution in [1.82, 2.24) is 0 Å². The molecule has 1 fully saturated rings. The molecule has 1 aromatic rings. The molecule has 2 aliphatic rings. The van der Waals surface area contributed by atoms with Gasteiger partial charge in [-0.05, 0) is 48.3 Å². The van der Waals surface area contributed by atoms with Crippen LogP contribution < -0.4 is 5.73 Å². The van der Waals surface area contributed by atoms with Crippen LogP contribution >= 0.6 is 0 Å². The van der Waals surface area contributed by atoms with Crippen LogP contribution in [0.1, 0.15) is 17.5 Å². The highest BCUT2D eigenvalue weighted by Crippen LogP contribution is 2.59. The van der Waals surface area contributed by atoms with E-state index < -0.39 is 0 Å². The molecule has 13 heavy (non-hydrogen) atoms. The van der Waals surface area contributed by atoms with Gasteiger partial charge in [0, 0.05) is 0 Å². The maximum Gasteiger partial charge on any atom is -0.00431 e. The van der Waals surface area contributed by atoms with Gasteiger partial charge in [0.15, 0.2) is 0 Å². The van der Waals surface area contributed by atoms with Crippen molar-refractivity contribution in [3.63, 3.8) is 0 Å². The fraction of sp³-hybridized carbons (Fsp3) is 0.500. The summed E-state index contributed by atoms with van der Waals surface area (Å²) in [5, 5.41) is 0. The summed E-state index contributed by atoms with van der Waals surface area (Å²) in [6.45, 7) is 0.883. The second-order valence-corrected chi connectivity index (χ2v) is 4.62. The van der Waals surface area contributed by atoms with Gasteiger partial charge in [-0.25, -0.2) is 0 Å². The predicted molar refractivity (Wildman–Crippen MR) is 53.4 cm³/mol. The number of hydrogen-bond acceptors (Lipinski definition) is 1. The summed E-state index contributed by atoms with van der Waals surface area (Å²) < 4.78 is 0. The standard InChI is InChI=1S/C12H15N/c13-8-11-7-12(11)5-9-3-1-2-4-10(9)6-12/h1-4,11H,5-8,13H2/t11-/m0/s1. The first-order valence-corrected chi connectivity index (χ1v) is 5.11. The van der Waals surface area contributed by atoms with E-state index in [-0.39, 0.29) is 0 Å². The van der Waals surface area contributed by atoms with Crippen molar-refractivity contribution in [2.45, 2.75) is 19.3 Å². The van der Waals surface area contributed by atoms with Crippen molar-refractivity contribution in [1.29, 1.82) is 0 Å². The van der Waals surface area contributed by atoms with Crippen molar-refractivity contribution >= 4 is 0 Å². The SMILES string of the molecule is NC[C@@H]1CC12Cc1ccccc1C2. The van der Waals surface area contributed by atoms with Gasteiger partial charge in [-0.3, -0.25) is 0 Å². The molecule has 0 bridgehead atoms. The fourth-order valence-corrected chi connectivity index (χ4v) is 2.92. The minimum Gasteiger partial charge on any atom is -0.330 e. The van der Waals surface area contributed by atoms with Crippen LogP contribution in [0.4, 0.5) is 0 Å². The van der Waals surface area contributed by atoms with Gasteiger partial charge >= 0.3 is 0 Å². The third-order valence-corrected chi connectivity index (χ3v) is 3.85. The van der Waals surface area contributed by atoms with Crippen LogP contribution in [-0.2, 0) is 12.8 Å². The van der Waals surface area contributed by atoms with Gasteiger partial charge in [0.1, 0.15) is 0 Å². The molecule has 68 valence electrons. The lowest BCUT2D eigenvalue weighted by atomic mass is 10.0. The Morgan fingerprint density at radius 3 is 2.31 bits per heavy atom. The van der Waals surface area contributed by atoms with Crippen molar-refractivity contribution in [2.24, 2.45) is 17.1 Å². The van der Waals surface area contributed by atoms with Crippen molar-refractivity contribution < 1.29 is 0 Å². The summed E-state index contributed by atoms with van der Waals surface area (Å²) in [5.74, 6) is 0.805. The summed E-state index contributed by atoms with van der Waals surface area (Å²) in [6, 6.07) is 8.85. The first-order chi connectivity index (χ1) is 6.34. The molecule has 1 nitrogen and oxygen atoms in total. The van der Waals surface area contributed by atoms with E-state index in [0.29, 0.717) is 5.41 Å². The molecular formula is C12H15N. The molecule has 1 atom stereocenters. The normalized spacial score (nSPS) is 27.6. The lowest BCUT2D eigenvalue weighted by Gasteiger charge is -2.05. The Balaban J connectivity index is 1.91. The largest absolute Gasteiger partial charge is 0.330 e. The zero-order chi connectivity index (χ0) is 8.89. The number of rotatable bonds is 1. The molecule has 1 saturated carbocycles. The van der Waals surface area contributed by atoms with Crippen molar-refractivity contribution in [3.05, 3.63) is 35.4 Å². The lowest BCUT2D eigenvalue weighted by molar-refractivity contribution is 0.486. The van der Waals surface area contributed by atoms with E-state index in [1.54, 1.807) is 11.1 Å². The summed E-state index contributed by atoms with van der Waals surface area (Å²) >= 11 is 0. The summed E-state index contributed by atoms with van der Waals surface area (Å²) in [7, 11) is 0. The molecule has 1 heteroatoms. The molecule has 3 rings (SSSR count). The highest BCUT2D eigenvalue weighted by molar-refractivity contribution is 5.37. The second-order valence-electron chi connectivity index (χ2n) is 4.62. The molecule has 0 saturated heterocycles. The van der Waals surface area contributed by atoms with Gasteiger partial charge in [-0.1, -0.05) is 24.3 Å². The monoisotopic (exact) mass is 173 g/mol. The number of hydrogen-bond donors (Lipinski definition) is 1. The molecule has 0 aromatic heterocycles. The van der Waals surface area contributed by atoms with E-state index in [2.05, 4.69) is 24.3 Å². The average Bonchev–Trinajstić information content (AvgIpc) is 2.69. The first-order valence-electron chi connectivity index (χ1n) is 5.11. The summed E-state index contributed by atoms with van der Waals surface area (Å²) in [6.07, 6.45) is 3.92. The maximum absolute atomic E-state index is 5.72. The predicted octanol–water partition coefficient (Wildman–Crippen LogP) is 1.75. The molecule has 0 radical (unpaired) electrons. The van der Waals surface area contributed by atoms with Crippen LogP contribution in [0.2, 0.25) is 0 Å². The molecule has 0 heterocycles. The zero-order valence-corrected chi connectivity index (χ0v) is 7.79. The molecular weight excluding hydrogens is 158 g/mol. The van der Waals surface area contributed by atoms with Crippen LogP contribution in [0.25, 0.3) is 0 Å².